The molecule has 1 heterocycles. The molecule has 0 spiro atoms. The lowest BCUT2D eigenvalue weighted by molar-refractivity contribution is -0.117. The van der Waals surface area contributed by atoms with E-state index in [2.05, 4.69) is 10.5 Å². The maximum atomic E-state index is 10.7. The molecule has 0 fully saturated rings. The number of methoxy groups -OCH3 is 1. The number of primary amides is 1. The monoisotopic (exact) mass is 303 g/mol. The van der Waals surface area contributed by atoms with Crippen molar-refractivity contribution in [2.24, 2.45) is 5.73 Å². The number of amides is 1. The van der Waals surface area contributed by atoms with E-state index in [-0.39, 0.29) is 5.97 Å². The summed E-state index contributed by atoms with van der Waals surface area (Å²) in [4.78, 5) is 21.2. The fraction of sp³-hybridized carbons (Fsp3) is 0.250. The fourth-order valence-corrected chi connectivity index (χ4v) is 1.14. The molecular formula is C8H8Cl3NO3S. The first-order valence-corrected chi connectivity index (χ1v) is 5.78. The Morgan fingerprint density at radius 1 is 1.44 bits per heavy atom. The zero-order chi connectivity index (χ0) is 12.8. The maximum absolute atomic E-state index is 10.7. The van der Waals surface area contributed by atoms with Crippen LogP contribution in [0.2, 0.25) is 0 Å². The molecule has 2 N–H and O–H groups in total. The molecule has 1 rings (SSSR count). The van der Waals surface area contributed by atoms with Crippen LogP contribution in [0.1, 0.15) is 9.67 Å². The lowest BCUT2D eigenvalue weighted by Crippen LogP contribution is -2.27. The number of alkyl halides is 3. The number of nitrogens with two attached hydrogens (primary N) is 1. The van der Waals surface area contributed by atoms with Crippen LogP contribution < -0.4 is 5.73 Å². The van der Waals surface area contributed by atoms with E-state index in [0.717, 1.165) is 0 Å². The van der Waals surface area contributed by atoms with E-state index in [1.54, 1.807) is 6.07 Å². The summed E-state index contributed by atoms with van der Waals surface area (Å²) < 4.78 is 2.52. The quantitative estimate of drug-likeness (QED) is 0.639. The highest BCUT2D eigenvalue weighted by molar-refractivity contribution is 7.11. The normalized spacial score (nSPS) is 10.0. The van der Waals surface area contributed by atoms with E-state index in [1.165, 1.54) is 18.4 Å². The SMILES string of the molecule is COC(=O)c1cccs1.NC(=O)C(Cl)(Cl)Cl. The molecule has 4 nitrogen and oxygen atoms in total. The van der Waals surface area contributed by atoms with E-state index in [9.17, 15) is 9.59 Å². The highest BCUT2D eigenvalue weighted by atomic mass is 35.6. The topological polar surface area (TPSA) is 69.4 Å². The van der Waals surface area contributed by atoms with Gasteiger partial charge in [0.15, 0.2) is 0 Å². The Morgan fingerprint density at radius 2 is 1.94 bits per heavy atom. The molecule has 0 saturated heterocycles. The molecule has 8 heteroatoms. The van der Waals surface area contributed by atoms with Gasteiger partial charge < -0.3 is 10.5 Å². The average molecular weight is 305 g/mol. The molecule has 0 aromatic carbocycles. The van der Waals surface area contributed by atoms with Gasteiger partial charge in [-0.25, -0.2) is 4.79 Å². The third kappa shape index (κ3) is 6.17. The third-order valence-corrected chi connectivity index (χ3v) is 2.60. The number of esters is 1. The van der Waals surface area contributed by atoms with Crippen molar-refractivity contribution in [2.45, 2.75) is 3.79 Å². The number of carbonyl (C=O) groups is 2. The predicted octanol–water partition coefficient (Wildman–Crippen LogP) is 2.38. The molecule has 0 aliphatic heterocycles. The summed E-state index contributed by atoms with van der Waals surface area (Å²) in [6.07, 6.45) is 0. The van der Waals surface area contributed by atoms with Crippen molar-refractivity contribution in [3.05, 3.63) is 22.4 Å². The van der Waals surface area contributed by atoms with Gasteiger partial charge in [-0.2, -0.15) is 0 Å². The van der Waals surface area contributed by atoms with E-state index in [4.69, 9.17) is 34.8 Å². The summed E-state index contributed by atoms with van der Waals surface area (Å²) in [5, 5.41) is 1.84. The average Bonchev–Trinajstić information content (AvgIpc) is 2.69. The molecule has 90 valence electrons. The molecule has 0 saturated carbocycles. The Hall–Kier alpha value is -0.490. The number of thiophene rings is 1. The van der Waals surface area contributed by atoms with E-state index in [0.29, 0.717) is 4.88 Å². The molecule has 1 aromatic heterocycles. The van der Waals surface area contributed by atoms with Crippen molar-refractivity contribution in [3.63, 3.8) is 0 Å². The van der Waals surface area contributed by atoms with Crippen molar-refractivity contribution < 1.29 is 14.3 Å². The molecule has 16 heavy (non-hydrogen) atoms. The van der Waals surface area contributed by atoms with Gasteiger partial charge in [-0.15, -0.1) is 11.3 Å². The maximum Gasteiger partial charge on any atom is 0.348 e. The zero-order valence-electron chi connectivity index (χ0n) is 8.08. The first kappa shape index (κ1) is 15.5. The van der Waals surface area contributed by atoms with Gasteiger partial charge in [-0.1, -0.05) is 40.9 Å². The van der Waals surface area contributed by atoms with Crippen LogP contribution in [-0.2, 0) is 9.53 Å². The largest absolute Gasteiger partial charge is 0.465 e. The van der Waals surface area contributed by atoms with Crippen LogP contribution in [0.5, 0.6) is 0 Å². The first-order chi connectivity index (χ1) is 7.29. The number of hydrogen-bond acceptors (Lipinski definition) is 4. The lowest BCUT2D eigenvalue weighted by atomic mass is 10.5. The smallest absolute Gasteiger partial charge is 0.348 e. The van der Waals surface area contributed by atoms with Crippen LogP contribution in [-0.4, -0.2) is 22.8 Å². The van der Waals surface area contributed by atoms with E-state index in [1.807, 2.05) is 11.4 Å². The second-order valence-corrected chi connectivity index (χ2v) is 5.56. The molecular weight excluding hydrogens is 297 g/mol. The number of halogens is 3. The van der Waals surface area contributed by atoms with Crippen molar-refractivity contribution in [1.82, 2.24) is 0 Å². The molecule has 0 aliphatic rings. The van der Waals surface area contributed by atoms with Gasteiger partial charge >= 0.3 is 5.97 Å². The third-order valence-electron chi connectivity index (χ3n) is 1.19. The van der Waals surface area contributed by atoms with Gasteiger partial charge in [0.25, 0.3) is 9.70 Å². The molecule has 0 radical (unpaired) electrons. The Balaban J connectivity index is 0.000000293. The Labute approximate surface area is 111 Å². The lowest BCUT2D eigenvalue weighted by Gasteiger charge is -2.01. The van der Waals surface area contributed by atoms with Crippen molar-refractivity contribution in [1.29, 1.82) is 0 Å². The Morgan fingerprint density at radius 3 is 2.19 bits per heavy atom. The Kier molecular flexibility index (Phi) is 6.74. The molecule has 1 aromatic rings. The van der Waals surface area contributed by atoms with Crippen LogP contribution in [0.4, 0.5) is 0 Å². The van der Waals surface area contributed by atoms with Gasteiger partial charge in [-0.3, -0.25) is 4.79 Å². The van der Waals surface area contributed by atoms with Crippen molar-refractivity contribution >= 4 is 58.0 Å². The number of carbonyl (C=O) groups excluding carboxylic acids is 2. The first-order valence-electron chi connectivity index (χ1n) is 3.77. The number of rotatable bonds is 1. The summed E-state index contributed by atoms with van der Waals surface area (Å²) in [5.74, 6) is -1.22. The summed E-state index contributed by atoms with van der Waals surface area (Å²) in [6, 6.07) is 3.55. The Bertz CT molecular complexity index is 348. The highest BCUT2D eigenvalue weighted by Gasteiger charge is 2.26. The minimum absolute atomic E-state index is 0.259. The fourth-order valence-electron chi connectivity index (χ4n) is 0.495. The molecule has 0 unspecified atom stereocenters. The summed E-state index contributed by atoms with van der Waals surface area (Å²) in [6.45, 7) is 0. The number of hydrogen-bond donors (Lipinski definition) is 1. The summed E-state index contributed by atoms with van der Waals surface area (Å²) in [7, 11) is 1.38. The molecule has 1 amide bonds. The van der Waals surface area contributed by atoms with Crippen molar-refractivity contribution in [3.8, 4) is 0 Å². The second-order valence-electron chi connectivity index (χ2n) is 2.33. The summed E-state index contributed by atoms with van der Waals surface area (Å²) in [5.41, 5.74) is 4.53. The standard InChI is InChI=1S/C6H6O2S.C2H2Cl3NO/c1-8-6(7)5-3-2-4-9-5;3-2(4,5)1(6)7/h2-4H,1H3;(H2,6,7). The summed E-state index contributed by atoms with van der Waals surface area (Å²) >= 11 is 16.2. The van der Waals surface area contributed by atoms with Gasteiger partial charge in [0.2, 0.25) is 0 Å². The van der Waals surface area contributed by atoms with Crippen LogP contribution in [0.3, 0.4) is 0 Å². The number of ether oxygens (including phenoxy) is 1. The molecule has 0 bridgehead atoms. The van der Waals surface area contributed by atoms with Crippen LogP contribution in [0.25, 0.3) is 0 Å². The van der Waals surface area contributed by atoms with Gasteiger partial charge in [-0.05, 0) is 11.4 Å². The van der Waals surface area contributed by atoms with E-state index >= 15 is 0 Å². The molecule has 0 atom stereocenters. The van der Waals surface area contributed by atoms with Crippen LogP contribution >= 0.6 is 46.1 Å². The van der Waals surface area contributed by atoms with Gasteiger partial charge in [0.05, 0.1) is 7.11 Å². The minimum atomic E-state index is -1.94. The second kappa shape index (κ2) is 6.96. The van der Waals surface area contributed by atoms with Gasteiger partial charge in [0.1, 0.15) is 4.88 Å². The molecule has 0 aliphatic carbocycles. The highest BCUT2D eigenvalue weighted by Crippen LogP contribution is 2.24. The van der Waals surface area contributed by atoms with E-state index < -0.39 is 9.70 Å². The van der Waals surface area contributed by atoms with Crippen LogP contribution in [0.15, 0.2) is 17.5 Å². The minimum Gasteiger partial charge on any atom is -0.465 e. The predicted molar refractivity (Wildman–Crippen MR) is 65.1 cm³/mol. The van der Waals surface area contributed by atoms with Crippen LogP contribution in [0, 0.1) is 0 Å². The van der Waals surface area contributed by atoms with Gasteiger partial charge in [0, 0.05) is 0 Å². The zero-order valence-corrected chi connectivity index (χ0v) is 11.2. The van der Waals surface area contributed by atoms with Crippen molar-refractivity contribution in [2.75, 3.05) is 7.11 Å².